The lowest BCUT2D eigenvalue weighted by molar-refractivity contribution is -0.141. The maximum atomic E-state index is 12.7. The van der Waals surface area contributed by atoms with Crippen molar-refractivity contribution < 1.29 is 14.7 Å². The van der Waals surface area contributed by atoms with Gasteiger partial charge in [0.1, 0.15) is 6.04 Å². The number of aryl methyl sites for hydroxylation is 1. The van der Waals surface area contributed by atoms with Crippen molar-refractivity contribution in [1.82, 2.24) is 29.9 Å². The minimum atomic E-state index is -1.05. The van der Waals surface area contributed by atoms with E-state index in [4.69, 9.17) is 11.6 Å². The quantitative estimate of drug-likeness (QED) is 0.651. The van der Waals surface area contributed by atoms with Crippen molar-refractivity contribution in [2.24, 2.45) is 7.05 Å². The molecule has 4 rings (SSSR count). The topological polar surface area (TPSA) is 126 Å². The molecule has 0 fully saturated rings. The standard InChI is InChI=1S/C18H16ClN7O3/c1-9(17(28)29)26-8-11-4-3-10(5-12(11)16(26)27)15-13(19)6-20-18(23-15)22-14-7-21-25(2)24-14/h3-7,9H,8H2,1-2H3,(H,28,29)(H,20,22,23,24). The lowest BCUT2D eigenvalue weighted by Gasteiger charge is -2.19. The molecule has 1 aliphatic rings. The van der Waals surface area contributed by atoms with Gasteiger partial charge in [-0.05, 0) is 18.6 Å². The molecular weight excluding hydrogens is 398 g/mol. The lowest BCUT2D eigenvalue weighted by atomic mass is 10.0. The first-order valence-electron chi connectivity index (χ1n) is 8.66. The van der Waals surface area contributed by atoms with Gasteiger partial charge in [0.15, 0.2) is 5.82 Å². The van der Waals surface area contributed by atoms with Crippen LogP contribution < -0.4 is 5.32 Å². The van der Waals surface area contributed by atoms with E-state index in [9.17, 15) is 14.7 Å². The first kappa shape index (κ1) is 18.8. The number of carboxylic acid groups (broad SMARTS) is 1. The minimum Gasteiger partial charge on any atom is -0.480 e. The van der Waals surface area contributed by atoms with E-state index < -0.39 is 12.0 Å². The normalized spacial score (nSPS) is 14.0. The number of halogens is 1. The van der Waals surface area contributed by atoms with Crippen molar-refractivity contribution in [3.05, 3.63) is 46.7 Å². The third kappa shape index (κ3) is 3.49. The van der Waals surface area contributed by atoms with Crippen LogP contribution in [0.5, 0.6) is 0 Å². The summed E-state index contributed by atoms with van der Waals surface area (Å²) in [6.45, 7) is 1.73. The van der Waals surface area contributed by atoms with Gasteiger partial charge in [-0.2, -0.15) is 9.90 Å². The first-order valence-corrected chi connectivity index (χ1v) is 9.04. The zero-order chi connectivity index (χ0) is 20.7. The average Bonchev–Trinajstić information content (AvgIpc) is 3.25. The molecule has 1 atom stereocenters. The Bertz CT molecular complexity index is 1130. The van der Waals surface area contributed by atoms with Crippen LogP contribution in [0.25, 0.3) is 11.3 Å². The van der Waals surface area contributed by atoms with Gasteiger partial charge >= 0.3 is 5.97 Å². The molecule has 0 saturated carbocycles. The predicted molar refractivity (Wildman–Crippen MR) is 104 cm³/mol. The number of nitrogens with one attached hydrogen (secondary N) is 1. The van der Waals surface area contributed by atoms with Gasteiger partial charge in [-0.15, -0.1) is 5.10 Å². The fourth-order valence-corrected chi connectivity index (χ4v) is 3.26. The van der Waals surface area contributed by atoms with Crippen molar-refractivity contribution in [3.8, 4) is 11.3 Å². The number of rotatable bonds is 5. The zero-order valence-corrected chi connectivity index (χ0v) is 16.3. The third-order valence-corrected chi connectivity index (χ3v) is 4.90. The molecule has 1 unspecified atom stereocenters. The number of aromatic nitrogens is 5. The summed E-state index contributed by atoms with van der Waals surface area (Å²) in [4.78, 5) is 35.2. The van der Waals surface area contributed by atoms with E-state index in [0.29, 0.717) is 27.7 Å². The van der Waals surface area contributed by atoms with Crippen LogP contribution in [0.3, 0.4) is 0 Å². The Morgan fingerprint density at radius 3 is 2.83 bits per heavy atom. The molecule has 29 heavy (non-hydrogen) atoms. The maximum absolute atomic E-state index is 12.7. The van der Waals surface area contributed by atoms with Gasteiger partial charge in [0.05, 0.1) is 23.1 Å². The summed E-state index contributed by atoms with van der Waals surface area (Å²) in [6.07, 6.45) is 2.99. The molecule has 0 spiro atoms. The highest BCUT2D eigenvalue weighted by Gasteiger charge is 2.34. The highest BCUT2D eigenvalue weighted by Crippen LogP contribution is 2.32. The van der Waals surface area contributed by atoms with Gasteiger partial charge < -0.3 is 15.3 Å². The van der Waals surface area contributed by atoms with Gasteiger partial charge in [0, 0.05) is 24.7 Å². The molecule has 11 heteroatoms. The zero-order valence-electron chi connectivity index (χ0n) is 15.5. The van der Waals surface area contributed by atoms with Crippen LogP contribution in [0, 0.1) is 0 Å². The number of benzene rings is 1. The lowest BCUT2D eigenvalue weighted by Crippen LogP contribution is -2.38. The van der Waals surface area contributed by atoms with Crippen molar-refractivity contribution in [2.45, 2.75) is 19.5 Å². The van der Waals surface area contributed by atoms with E-state index in [-0.39, 0.29) is 18.4 Å². The van der Waals surface area contributed by atoms with Crippen molar-refractivity contribution in [3.63, 3.8) is 0 Å². The smallest absolute Gasteiger partial charge is 0.326 e. The second-order valence-electron chi connectivity index (χ2n) is 6.55. The summed E-state index contributed by atoms with van der Waals surface area (Å²) >= 11 is 6.29. The minimum absolute atomic E-state index is 0.249. The third-order valence-electron chi connectivity index (χ3n) is 4.62. The number of hydrogen-bond donors (Lipinski definition) is 2. The van der Waals surface area contributed by atoms with Crippen molar-refractivity contribution in [1.29, 1.82) is 0 Å². The Morgan fingerprint density at radius 2 is 2.14 bits per heavy atom. The van der Waals surface area contributed by atoms with E-state index in [1.165, 1.54) is 29.0 Å². The molecule has 0 aliphatic carbocycles. The average molecular weight is 414 g/mol. The second-order valence-corrected chi connectivity index (χ2v) is 6.96. The molecular formula is C18H16ClN7O3. The van der Waals surface area contributed by atoms with Crippen molar-refractivity contribution in [2.75, 3.05) is 5.32 Å². The van der Waals surface area contributed by atoms with Gasteiger partial charge in [0.2, 0.25) is 5.95 Å². The largest absolute Gasteiger partial charge is 0.480 e. The molecule has 0 radical (unpaired) electrons. The van der Waals surface area contributed by atoms with Gasteiger partial charge in [-0.1, -0.05) is 23.7 Å². The summed E-state index contributed by atoms with van der Waals surface area (Å²) in [5, 5.41) is 20.6. The Hall–Kier alpha value is -3.53. The molecule has 0 saturated heterocycles. The molecule has 1 aromatic carbocycles. The number of carbonyl (C=O) groups is 2. The predicted octanol–water partition coefficient (Wildman–Crippen LogP) is 2.10. The van der Waals surface area contributed by atoms with Crippen LogP contribution in [0.2, 0.25) is 5.02 Å². The summed E-state index contributed by atoms with van der Waals surface area (Å²) in [7, 11) is 1.69. The van der Waals surface area contributed by atoms with Crippen LogP contribution in [0.4, 0.5) is 11.8 Å². The Balaban J connectivity index is 1.66. The summed E-state index contributed by atoms with van der Waals surface area (Å²) in [5.74, 6) is -0.633. The molecule has 148 valence electrons. The van der Waals surface area contributed by atoms with Crippen LogP contribution in [0.1, 0.15) is 22.8 Å². The van der Waals surface area contributed by atoms with E-state index in [1.54, 1.807) is 25.2 Å². The van der Waals surface area contributed by atoms with Crippen LogP contribution in [-0.2, 0) is 18.4 Å². The fraction of sp³-hybridized carbons (Fsp3) is 0.222. The number of fused-ring (bicyclic) bond motifs is 1. The Labute approximate surface area is 170 Å². The summed E-state index contributed by atoms with van der Waals surface area (Å²) in [5.41, 5.74) is 2.26. The number of aliphatic carboxylic acids is 1. The molecule has 3 aromatic rings. The van der Waals surface area contributed by atoms with Crippen LogP contribution >= 0.6 is 11.6 Å². The molecule has 2 N–H and O–H groups in total. The van der Waals surface area contributed by atoms with Crippen molar-refractivity contribution >= 4 is 35.2 Å². The number of anilines is 2. The van der Waals surface area contributed by atoms with Gasteiger partial charge in [-0.3, -0.25) is 4.79 Å². The number of hydrogen-bond acceptors (Lipinski definition) is 7. The number of nitrogens with zero attached hydrogens (tertiary/aromatic N) is 6. The molecule has 1 aliphatic heterocycles. The highest BCUT2D eigenvalue weighted by molar-refractivity contribution is 6.33. The van der Waals surface area contributed by atoms with E-state index in [0.717, 1.165) is 5.56 Å². The number of carboxylic acids is 1. The maximum Gasteiger partial charge on any atom is 0.326 e. The SMILES string of the molecule is CC(C(=O)O)N1Cc2ccc(-c3nc(Nc4cnn(C)n4)ncc3Cl)cc2C1=O. The number of amides is 1. The van der Waals surface area contributed by atoms with E-state index >= 15 is 0 Å². The summed E-state index contributed by atoms with van der Waals surface area (Å²) in [6, 6.07) is 4.34. The molecule has 10 nitrogen and oxygen atoms in total. The highest BCUT2D eigenvalue weighted by atomic mass is 35.5. The number of carbonyl (C=O) groups excluding carboxylic acids is 1. The Morgan fingerprint density at radius 1 is 1.34 bits per heavy atom. The molecule has 2 aromatic heterocycles. The monoisotopic (exact) mass is 413 g/mol. The van der Waals surface area contributed by atoms with Crippen LogP contribution in [0.15, 0.2) is 30.6 Å². The van der Waals surface area contributed by atoms with Gasteiger partial charge in [0.25, 0.3) is 5.91 Å². The first-order chi connectivity index (χ1) is 13.8. The second kappa shape index (κ2) is 7.13. The molecule has 1 amide bonds. The summed E-state index contributed by atoms with van der Waals surface area (Å²) < 4.78 is 0. The molecule has 0 bridgehead atoms. The van der Waals surface area contributed by atoms with Crippen LogP contribution in [-0.4, -0.2) is 52.9 Å². The Kier molecular flexibility index (Phi) is 4.63. The molecule has 3 heterocycles. The van der Waals surface area contributed by atoms with E-state index in [2.05, 4.69) is 25.5 Å². The van der Waals surface area contributed by atoms with E-state index in [1.807, 2.05) is 0 Å². The van der Waals surface area contributed by atoms with Gasteiger partial charge in [-0.25, -0.2) is 14.8 Å². The fourth-order valence-electron chi connectivity index (χ4n) is 3.06.